The Labute approximate surface area is 92.6 Å². The van der Waals surface area contributed by atoms with Crippen LogP contribution in [0.5, 0.6) is 0 Å². The molecule has 0 saturated heterocycles. The number of hydrogen-bond acceptors (Lipinski definition) is 3. The van der Waals surface area contributed by atoms with Crippen molar-refractivity contribution in [1.82, 2.24) is 0 Å². The lowest BCUT2D eigenvalue weighted by Crippen LogP contribution is -1.88. The van der Waals surface area contributed by atoms with Gasteiger partial charge in [0.1, 0.15) is 0 Å². The van der Waals surface area contributed by atoms with Crippen molar-refractivity contribution in [2.45, 2.75) is 13.8 Å². The maximum atomic E-state index is 5.04. The molecule has 7 heteroatoms. The molecule has 0 heterocycles. The van der Waals surface area contributed by atoms with Gasteiger partial charge < -0.3 is 9.05 Å². The van der Waals surface area contributed by atoms with Gasteiger partial charge in [0.15, 0.2) is 0 Å². The van der Waals surface area contributed by atoms with Crippen molar-refractivity contribution < 1.29 is 9.05 Å². The lowest BCUT2D eigenvalue weighted by Gasteiger charge is -2.13. The molecular weight excluding hydrogens is 239 g/mol. The van der Waals surface area contributed by atoms with Crippen molar-refractivity contribution in [3.8, 4) is 0 Å². The maximum absolute atomic E-state index is 5.04. The molecule has 0 aliphatic rings. The fraction of sp³-hybridized carbons (Fsp3) is 1.00. The summed E-state index contributed by atoms with van der Waals surface area (Å²) in [6.45, 7) is 4.88. The molecule has 0 aromatic heterocycles. The van der Waals surface area contributed by atoms with Crippen molar-refractivity contribution >= 4 is 56.7 Å². The van der Waals surface area contributed by atoms with Gasteiger partial charge in [-0.1, -0.05) is 12.2 Å². The Morgan fingerprint density at radius 3 is 1.64 bits per heavy atom. The van der Waals surface area contributed by atoms with Gasteiger partial charge in [0.25, 0.3) is 0 Å². The predicted octanol–water partition coefficient (Wildman–Crippen LogP) is 2.44. The van der Waals surface area contributed by atoms with Crippen molar-refractivity contribution in [1.29, 1.82) is 0 Å². The minimum atomic E-state index is -2.16. The molecule has 0 bridgehead atoms. The molecule has 0 spiro atoms. The molecule has 72 valence electrons. The van der Waals surface area contributed by atoms with E-state index in [1.54, 1.807) is 0 Å². The first-order chi connectivity index (χ1) is 4.12. The van der Waals surface area contributed by atoms with Crippen molar-refractivity contribution in [2.75, 3.05) is 13.2 Å². The number of hydrogen-bond donors (Lipinski definition) is 1. The van der Waals surface area contributed by atoms with Crippen LogP contribution in [0, 0.1) is 0 Å². The third-order valence-corrected chi connectivity index (χ3v) is 3.08. The minimum Gasteiger partial charge on any atom is -0.322 e. The van der Waals surface area contributed by atoms with Gasteiger partial charge in [-0.15, -0.1) is 0 Å². The van der Waals surface area contributed by atoms with E-state index in [9.17, 15) is 0 Å². The molecule has 11 heavy (non-hydrogen) atoms. The third kappa shape index (κ3) is 11.6. The summed E-state index contributed by atoms with van der Waals surface area (Å²) in [6.07, 6.45) is 0. The Balaban J connectivity index is -0.000000320. The number of thiol groups is 1. The Bertz CT molecular complexity index is 111. The highest BCUT2D eigenvalue weighted by atomic mass is 32.9. The van der Waals surface area contributed by atoms with Crippen LogP contribution in [0.2, 0.25) is 0 Å². The second kappa shape index (κ2) is 9.71. The first-order valence-electron chi connectivity index (χ1n) is 2.74. The highest BCUT2D eigenvalue weighted by molar-refractivity contribution is 8.60. The third-order valence-electron chi connectivity index (χ3n) is 0.584. The largest absolute Gasteiger partial charge is 0.322 e. The first-order valence-corrected chi connectivity index (χ1v) is 6.53. The average Bonchev–Trinajstić information content (AvgIpc) is 1.64. The first kappa shape index (κ1) is 18.4. The van der Waals surface area contributed by atoms with Crippen LogP contribution in [0.25, 0.3) is 0 Å². The van der Waals surface area contributed by atoms with Gasteiger partial charge in [-0.05, 0) is 25.7 Å². The van der Waals surface area contributed by atoms with Crippen LogP contribution in [-0.2, 0) is 20.9 Å². The van der Waals surface area contributed by atoms with Crippen molar-refractivity contribution in [3.05, 3.63) is 0 Å². The SMILES string of the molecule is CCOP(=S)(S)OCC.S.S. The normalized spacial score (nSPS) is 9.73. The van der Waals surface area contributed by atoms with Crippen LogP contribution in [0.4, 0.5) is 0 Å². The monoisotopic (exact) mass is 254 g/mol. The molecule has 0 atom stereocenters. The fourth-order valence-corrected chi connectivity index (χ4v) is 2.42. The zero-order chi connectivity index (χ0) is 7.33. The fourth-order valence-electron chi connectivity index (χ4n) is 0.364. The molecule has 0 amide bonds. The lowest BCUT2D eigenvalue weighted by molar-refractivity contribution is 0.281. The summed E-state index contributed by atoms with van der Waals surface area (Å²) in [5, 5.41) is 0. The molecule has 0 radical (unpaired) electrons. The van der Waals surface area contributed by atoms with Gasteiger partial charge in [-0.3, -0.25) is 0 Å². The predicted molar refractivity (Wildman–Crippen MR) is 67.3 cm³/mol. The molecule has 0 rings (SSSR count). The van der Waals surface area contributed by atoms with Gasteiger partial charge in [-0.2, -0.15) is 27.0 Å². The highest BCUT2D eigenvalue weighted by Gasteiger charge is 2.08. The smallest absolute Gasteiger partial charge is 0.244 e. The van der Waals surface area contributed by atoms with E-state index in [4.69, 9.17) is 20.9 Å². The minimum absolute atomic E-state index is 0. The Kier molecular flexibility index (Phi) is 16.2. The summed E-state index contributed by atoms with van der Waals surface area (Å²) >= 11 is 8.90. The van der Waals surface area contributed by atoms with E-state index in [1.165, 1.54) is 0 Å². The van der Waals surface area contributed by atoms with E-state index < -0.39 is 5.69 Å². The van der Waals surface area contributed by atoms with E-state index in [0.717, 1.165) is 0 Å². The molecule has 0 aromatic carbocycles. The Hall–Kier alpha value is 1.62. The van der Waals surface area contributed by atoms with Crippen LogP contribution in [-0.4, -0.2) is 13.2 Å². The Morgan fingerprint density at radius 1 is 1.18 bits per heavy atom. The number of rotatable bonds is 4. The average molecular weight is 254 g/mol. The van der Waals surface area contributed by atoms with E-state index in [1.807, 2.05) is 13.8 Å². The van der Waals surface area contributed by atoms with Gasteiger partial charge in [0.05, 0.1) is 13.2 Å². The topological polar surface area (TPSA) is 18.5 Å². The van der Waals surface area contributed by atoms with E-state index in [2.05, 4.69) is 12.2 Å². The zero-order valence-corrected chi connectivity index (χ0v) is 11.1. The molecule has 0 N–H and O–H groups in total. The van der Waals surface area contributed by atoms with E-state index in [0.29, 0.717) is 13.2 Å². The summed E-state index contributed by atoms with van der Waals surface area (Å²) in [7, 11) is 0. The summed E-state index contributed by atoms with van der Waals surface area (Å²) in [4.78, 5) is 0. The maximum Gasteiger partial charge on any atom is 0.244 e. The molecular formula is C4H15O2PS4. The van der Waals surface area contributed by atoms with Crippen LogP contribution in [0.1, 0.15) is 13.8 Å². The second-order valence-corrected chi connectivity index (χ2v) is 6.59. The Morgan fingerprint density at radius 2 is 1.45 bits per heavy atom. The molecule has 0 aliphatic carbocycles. The lowest BCUT2D eigenvalue weighted by atomic mass is 10.9. The van der Waals surface area contributed by atoms with Crippen LogP contribution < -0.4 is 0 Å². The summed E-state index contributed by atoms with van der Waals surface area (Å²) in [5.74, 6) is 0. The molecule has 0 aromatic rings. The summed E-state index contributed by atoms with van der Waals surface area (Å²) in [6, 6.07) is 0. The zero-order valence-electron chi connectivity index (χ0n) is 6.53. The summed E-state index contributed by atoms with van der Waals surface area (Å²) in [5.41, 5.74) is -2.16. The molecule has 0 aliphatic heterocycles. The molecule has 0 fully saturated rings. The van der Waals surface area contributed by atoms with Crippen molar-refractivity contribution in [3.63, 3.8) is 0 Å². The van der Waals surface area contributed by atoms with E-state index in [-0.39, 0.29) is 27.0 Å². The molecule has 2 nitrogen and oxygen atoms in total. The van der Waals surface area contributed by atoms with Crippen LogP contribution >= 0.6 is 44.9 Å². The second-order valence-electron chi connectivity index (χ2n) is 1.30. The molecule has 0 saturated carbocycles. The van der Waals surface area contributed by atoms with Crippen molar-refractivity contribution in [2.24, 2.45) is 0 Å². The van der Waals surface area contributed by atoms with Crippen LogP contribution in [0.15, 0.2) is 0 Å². The van der Waals surface area contributed by atoms with Gasteiger partial charge in [-0.25, -0.2) is 0 Å². The van der Waals surface area contributed by atoms with E-state index >= 15 is 0 Å². The van der Waals surface area contributed by atoms with Gasteiger partial charge in [0.2, 0.25) is 5.69 Å². The quantitative estimate of drug-likeness (QED) is 0.614. The standard InChI is InChI=1S/C4H11O2PS2.2H2S/c1-3-5-7(8,9)6-4-2;;/h3-4H2,1-2H3,(H,8,9);2*1H2. The van der Waals surface area contributed by atoms with Gasteiger partial charge >= 0.3 is 0 Å². The van der Waals surface area contributed by atoms with Crippen LogP contribution in [0.3, 0.4) is 0 Å². The van der Waals surface area contributed by atoms with Gasteiger partial charge in [0, 0.05) is 0 Å². The highest BCUT2D eigenvalue weighted by Crippen LogP contribution is 2.52. The summed E-state index contributed by atoms with van der Waals surface area (Å²) < 4.78 is 10.1. The molecule has 0 unspecified atom stereocenters.